The Morgan fingerprint density at radius 1 is 1.04 bits per heavy atom. The van der Waals surface area contributed by atoms with Gasteiger partial charge in [-0.25, -0.2) is 0 Å². The first-order chi connectivity index (χ1) is 13.5. The van der Waals surface area contributed by atoms with E-state index >= 15 is 0 Å². The molecule has 4 rings (SSSR count). The Bertz CT molecular complexity index is 1120. The van der Waals surface area contributed by atoms with Crippen molar-refractivity contribution in [2.24, 2.45) is 0 Å². The summed E-state index contributed by atoms with van der Waals surface area (Å²) >= 11 is 3.49. The third kappa shape index (κ3) is 3.31. The van der Waals surface area contributed by atoms with Crippen molar-refractivity contribution in [1.82, 2.24) is 9.47 Å². The van der Waals surface area contributed by atoms with E-state index in [0.29, 0.717) is 10.9 Å². The van der Waals surface area contributed by atoms with E-state index in [9.17, 15) is 9.59 Å². The fraction of sp³-hybridized carbons (Fsp3) is 0.217. The van der Waals surface area contributed by atoms with E-state index < -0.39 is 0 Å². The predicted molar refractivity (Wildman–Crippen MR) is 116 cm³/mol. The second-order valence-electron chi connectivity index (χ2n) is 7.19. The van der Waals surface area contributed by atoms with Crippen molar-refractivity contribution in [3.8, 4) is 11.1 Å². The summed E-state index contributed by atoms with van der Waals surface area (Å²) in [6.07, 6.45) is 5.92. The minimum absolute atomic E-state index is 0.0259. The van der Waals surface area contributed by atoms with Crippen LogP contribution in [-0.4, -0.2) is 27.5 Å². The van der Waals surface area contributed by atoms with Crippen LogP contribution in [0.3, 0.4) is 0 Å². The quantitative estimate of drug-likeness (QED) is 0.562. The van der Waals surface area contributed by atoms with Crippen molar-refractivity contribution in [3.05, 3.63) is 81.6 Å². The van der Waals surface area contributed by atoms with E-state index in [1.54, 1.807) is 0 Å². The van der Waals surface area contributed by atoms with Crippen LogP contribution in [0.4, 0.5) is 0 Å². The molecule has 142 valence electrons. The van der Waals surface area contributed by atoms with Gasteiger partial charge in [0, 0.05) is 33.7 Å². The van der Waals surface area contributed by atoms with Crippen molar-refractivity contribution in [3.63, 3.8) is 0 Å². The highest BCUT2D eigenvalue weighted by Crippen LogP contribution is 2.24. The molecule has 5 heteroatoms. The van der Waals surface area contributed by atoms with E-state index in [-0.39, 0.29) is 30.0 Å². The number of pyridine rings is 1. The Kier molecular flexibility index (Phi) is 4.94. The van der Waals surface area contributed by atoms with E-state index in [0.717, 1.165) is 15.6 Å². The van der Waals surface area contributed by atoms with Crippen LogP contribution in [0.1, 0.15) is 13.8 Å². The maximum absolute atomic E-state index is 13.1. The van der Waals surface area contributed by atoms with Gasteiger partial charge in [-0.05, 0) is 37.6 Å². The molecule has 2 heterocycles. The van der Waals surface area contributed by atoms with Crippen LogP contribution in [0.15, 0.2) is 76.1 Å². The molecule has 1 aliphatic heterocycles. The van der Waals surface area contributed by atoms with Gasteiger partial charge < -0.3 is 9.47 Å². The lowest BCUT2D eigenvalue weighted by Gasteiger charge is -2.27. The van der Waals surface area contributed by atoms with Gasteiger partial charge in [0.2, 0.25) is 5.91 Å². The molecule has 28 heavy (non-hydrogen) atoms. The minimum atomic E-state index is -0.0259. The Morgan fingerprint density at radius 3 is 2.39 bits per heavy atom. The van der Waals surface area contributed by atoms with E-state index in [1.165, 1.54) is 0 Å². The number of aromatic nitrogens is 1. The number of hydrogen-bond donors (Lipinski definition) is 0. The molecule has 4 nitrogen and oxygen atoms in total. The molecule has 1 amide bonds. The largest absolute Gasteiger partial charge is 0.337 e. The standard InChI is InChI=1S/C23H21BrN2O2/c1-15-8-9-16(2)26(15)22(27)14-25-13-20(17-6-4-3-5-7-17)23(28)19-11-10-18(24)12-21(19)25/h3-13,15-16H,14H2,1-2H3. The maximum atomic E-state index is 13.1. The highest BCUT2D eigenvalue weighted by atomic mass is 79.9. The zero-order chi connectivity index (χ0) is 19.8. The molecular weight excluding hydrogens is 416 g/mol. The molecule has 1 aromatic heterocycles. The molecule has 2 unspecified atom stereocenters. The van der Waals surface area contributed by atoms with Gasteiger partial charge in [-0.3, -0.25) is 9.59 Å². The Hall–Kier alpha value is -2.66. The number of rotatable bonds is 3. The van der Waals surface area contributed by atoms with Crippen LogP contribution in [0.2, 0.25) is 0 Å². The van der Waals surface area contributed by atoms with Crippen LogP contribution in [-0.2, 0) is 11.3 Å². The number of carbonyl (C=O) groups excluding carboxylic acids is 1. The number of amides is 1. The van der Waals surface area contributed by atoms with Gasteiger partial charge in [-0.1, -0.05) is 58.4 Å². The average molecular weight is 437 g/mol. The summed E-state index contributed by atoms with van der Waals surface area (Å²) in [5.74, 6) is 0.0361. The second kappa shape index (κ2) is 7.40. The Morgan fingerprint density at radius 2 is 1.71 bits per heavy atom. The molecule has 0 spiro atoms. The lowest BCUT2D eigenvalue weighted by atomic mass is 10.0. The lowest BCUT2D eigenvalue weighted by Crippen LogP contribution is -2.41. The van der Waals surface area contributed by atoms with E-state index in [1.807, 2.05) is 78.0 Å². The van der Waals surface area contributed by atoms with Crippen LogP contribution >= 0.6 is 15.9 Å². The molecule has 0 fully saturated rings. The molecule has 0 radical (unpaired) electrons. The fourth-order valence-electron chi connectivity index (χ4n) is 3.88. The first-order valence-corrected chi connectivity index (χ1v) is 10.1. The third-order valence-corrected chi connectivity index (χ3v) is 5.76. The molecule has 3 aromatic rings. The van der Waals surface area contributed by atoms with Crippen LogP contribution in [0, 0.1) is 0 Å². The number of carbonyl (C=O) groups is 1. The highest BCUT2D eigenvalue weighted by molar-refractivity contribution is 9.10. The van der Waals surface area contributed by atoms with Crippen LogP contribution in [0.25, 0.3) is 22.0 Å². The van der Waals surface area contributed by atoms with Gasteiger partial charge in [0.15, 0.2) is 5.43 Å². The van der Waals surface area contributed by atoms with Gasteiger partial charge in [0.05, 0.1) is 5.52 Å². The number of benzene rings is 2. The molecule has 2 atom stereocenters. The number of fused-ring (bicyclic) bond motifs is 1. The average Bonchev–Trinajstić information content (AvgIpc) is 3.03. The first-order valence-electron chi connectivity index (χ1n) is 9.33. The molecule has 0 saturated heterocycles. The summed E-state index contributed by atoms with van der Waals surface area (Å²) in [6, 6.07) is 15.3. The normalized spacial score (nSPS) is 18.8. The summed E-state index contributed by atoms with van der Waals surface area (Å²) in [4.78, 5) is 28.1. The Balaban J connectivity index is 1.85. The number of halogens is 1. The Labute approximate surface area is 172 Å². The summed E-state index contributed by atoms with van der Waals surface area (Å²) in [5, 5.41) is 0.609. The lowest BCUT2D eigenvalue weighted by molar-refractivity contribution is -0.133. The molecule has 2 aromatic carbocycles. The van der Waals surface area contributed by atoms with Gasteiger partial charge in [0.1, 0.15) is 6.54 Å². The molecule has 0 aliphatic carbocycles. The maximum Gasteiger partial charge on any atom is 0.243 e. The molecule has 0 bridgehead atoms. The third-order valence-electron chi connectivity index (χ3n) is 5.27. The van der Waals surface area contributed by atoms with Gasteiger partial charge in [-0.15, -0.1) is 0 Å². The summed E-state index contributed by atoms with van der Waals surface area (Å²) < 4.78 is 2.77. The summed E-state index contributed by atoms with van der Waals surface area (Å²) in [6.45, 7) is 4.23. The zero-order valence-corrected chi connectivity index (χ0v) is 17.4. The highest BCUT2D eigenvalue weighted by Gasteiger charge is 2.27. The predicted octanol–water partition coefficient (Wildman–Crippen LogP) is 4.61. The van der Waals surface area contributed by atoms with E-state index in [4.69, 9.17) is 0 Å². The summed E-state index contributed by atoms with van der Waals surface area (Å²) in [5.41, 5.74) is 2.17. The number of hydrogen-bond acceptors (Lipinski definition) is 2. The first kappa shape index (κ1) is 18.7. The minimum Gasteiger partial charge on any atom is -0.337 e. The molecule has 1 aliphatic rings. The van der Waals surface area contributed by atoms with Crippen molar-refractivity contribution in [1.29, 1.82) is 0 Å². The topological polar surface area (TPSA) is 42.3 Å². The fourth-order valence-corrected chi connectivity index (χ4v) is 4.23. The van der Waals surface area contributed by atoms with Crippen molar-refractivity contribution in [2.45, 2.75) is 32.5 Å². The van der Waals surface area contributed by atoms with E-state index in [2.05, 4.69) is 28.1 Å². The van der Waals surface area contributed by atoms with Crippen molar-refractivity contribution in [2.75, 3.05) is 0 Å². The van der Waals surface area contributed by atoms with Gasteiger partial charge in [-0.2, -0.15) is 0 Å². The van der Waals surface area contributed by atoms with Gasteiger partial charge in [0.25, 0.3) is 0 Å². The van der Waals surface area contributed by atoms with Crippen molar-refractivity contribution >= 4 is 32.7 Å². The monoisotopic (exact) mass is 436 g/mol. The zero-order valence-electron chi connectivity index (χ0n) is 15.8. The van der Waals surface area contributed by atoms with Crippen molar-refractivity contribution < 1.29 is 4.79 Å². The second-order valence-corrected chi connectivity index (χ2v) is 8.11. The smallest absolute Gasteiger partial charge is 0.243 e. The van der Waals surface area contributed by atoms with Gasteiger partial charge >= 0.3 is 0 Å². The molecule has 0 N–H and O–H groups in total. The van der Waals surface area contributed by atoms with Crippen LogP contribution < -0.4 is 5.43 Å². The summed E-state index contributed by atoms with van der Waals surface area (Å²) in [7, 11) is 0. The SMILES string of the molecule is CC1C=CC(C)N1C(=O)Cn1cc(-c2ccccc2)c(=O)c2ccc(Br)cc21. The van der Waals surface area contributed by atoms with Crippen LogP contribution in [0.5, 0.6) is 0 Å². The number of nitrogens with zero attached hydrogens (tertiary/aromatic N) is 2. The molecular formula is C23H21BrN2O2. The molecule has 0 saturated carbocycles.